The van der Waals surface area contributed by atoms with Gasteiger partial charge in [-0.3, -0.25) is 0 Å². The Labute approximate surface area is 147 Å². The van der Waals surface area contributed by atoms with Gasteiger partial charge in [-0.2, -0.15) is 4.31 Å². The Morgan fingerprint density at radius 3 is 2.44 bits per heavy atom. The molecule has 1 fully saturated rings. The Morgan fingerprint density at radius 1 is 1.12 bits per heavy atom. The van der Waals surface area contributed by atoms with Crippen molar-refractivity contribution in [1.29, 1.82) is 0 Å². The van der Waals surface area contributed by atoms with Gasteiger partial charge in [-0.15, -0.1) is 0 Å². The molecule has 0 heterocycles. The molecule has 5 nitrogen and oxygen atoms in total. The van der Waals surface area contributed by atoms with Crippen LogP contribution in [0.3, 0.4) is 0 Å². The zero-order chi connectivity index (χ0) is 18.0. The molecule has 0 atom stereocenters. The minimum Gasteiger partial charge on any atom is -0.497 e. The molecule has 0 saturated heterocycles. The predicted octanol–water partition coefficient (Wildman–Crippen LogP) is 3.20. The Bertz CT molecular complexity index is 865. The quantitative estimate of drug-likeness (QED) is 0.756. The van der Waals surface area contributed by atoms with Gasteiger partial charge in [-0.25, -0.2) is 12.8 Å². The molecule has 0 N–H and O–H groups in total. The summed E-state index contributed by atoms with van der Waals surface area (Å²) in [5.41, 5.74) is 0.675. The van der Waals surface area contributed by atoms with E-state index in [1.165, 1.54) is 29.6 Å². The van der Waals surface area contributed by atoms with Gasteiger partial charge >= 0.3 is 0 Å². The molecule has 0 aliphatic heterocycles. The highest BCUT2D eigenvalue weighted by atomic mass is 32.2. The van der Waals surface area contributed by atoms with E-state index in [0.717, 1.165) is 18.9 Å². The van der Waals surface area contributed by atoms with Crippen LogP contribution in [0.4, 0.5) is 4.39 Å². The summed E-state index contributed by atoms with van der Waals surface area (Å²) in [6.45, 7) is 0.0989. The van der Waals surface area contributed by atoms with Crippen LogP contribution in [-0.4, -0.2) is 33.0 Å². The lowest BCUT2D eigenvalue weighted by Crippen LogP contribution is -2.33. The van der Waals surface area contributed by atoms with Gasteiger partial charge in [-0.1, -0.05) is 12.1 Å². The molecule has 134 valence electrons. The predicted molar refractivity (Wildman–Crippen MR) is 91.7 cm³/mol. The summed E-state index contributed by atoms with van der Waals surface area (Å²) < 4.78 is 52.0. The fraction of sp³-hybridized carbons (Fsp3) is 0.333. The summed E-state index contributed by atoms with van der Waals surface area (Å²) in [6, 6.07) is 10.5. The van der Waals surface area contributed by atoms with Crippen molar-refractivity contribution in [2.24, 2.45) is 0 Å². The van der Waals surface area contributed by atoms with Gasteiger partial charge in [0.15, 0.2) is 0 Å². The molecule has 1 aliphatic rings. The van der Waals surface area contributed by atoms with Gasteiger partial charge in [0, 0.05) is 18.2 Å². The molecule has 0 radical (unpaired) electrons. The molecule has 3 rings (SSSR count). The molecular formula is C18H20FNO4S. The lowest BCUT2D eigenvalue weighted by Gasteiger charge is -2.23. The third kappa shape index (κ3) is 3.62. The second-order valence-corrected chi connectivity index (χ2v) is 7.75. The van der Waals surface area contributed by atoms with Crippen LogP contribution >= 0.6 is 0 Å². The minimum atomic E-state index is -3.95. The van der Waals surface area contributed by atoms with Crippen LogP contribution in [-0.2, 0) is 16.6 Å². The number of ether oxygens (including phenoxy) is 2. The molecule has 7 heteroatoms. The molecule has 0 aromatic heterocycles. The summed E-state index contributed by atoms with van der Waals surface area (Å²) in [6.07, 6.45) is 1.53. The summed E-state index contributed by atoms with van der Waals surface area (Å²) in [5.74, 6) is 0.427. The third-order valence-corrected chi connectivity index (χ3v) is 6.12. The summed E-state index contributed by atoms with van der Waals surface area (Å²) in [4.78, 5) is -0.302. The zero-order valence-electron chi connectivity index (χ0n) is 14.1. The Balaban J connectivity index is 2.00. The van der Waals surface area contributed by atoms with Crippen molar-refractivity contribution in [2.75, 3.05) is 14.2 Å². The van der Waals surface area contributed by atoms with Crippen molar-refractivity contribution in [3.8, 4) is 11.5 Å². The SMILES string of the molecule is COc1ccc(OC)c(CN(C2CC2)S(=O)(=O)c2ccccc2F)c1. The maximum Gasteiger partial charge on any atom is 0.246 e. The van der Waals surface area contributed by atoms with Gasteiger partial charge in [0.05, 0.1) is 14.2 Å². The third-order valence-electron chi connectivity index (χ3n) is 4.19. The van der Waals surface area contributed by atoms with Crippen LogP contribution in [0.25, 0.3) is 0 Å². The average Bonchev–Trinajstić information content (AvgIpc) is 3.44. The normalized spacial score (nSPS) is 14.6. The van der Waals surface area contributed by atoms with Crippen molar-refractivity contribution < 1.29 is 22.3 Å². The van der Waals surface area contributed by atoms with Gasteiger partial charge in [0.2, 0.25) is 10.0 Å². The molecule has 25 heavy (non-hydrogen) atoms. The van der Waals surface area contributed by atoms with E-state index in [1.54, 1.807) is 25.3 Å². The number of hydrogen-bond acceptors (Lipinski definition) is 4. The van der Waals surface area contributed by atoms with Crippen molar-refractivity contribution in [1.82, 2.24) is 4.31 Å². The number of halogens is 1. The summed E-state index contributed by atoms with van der Waals surface area (Å²) >= 11 is 0. The van der Waals surface area contributed by atoms with Crippen molar-refractivity contribution in [2.45, 2.75) is 30.3 Å². The second kappa shape index (κ2) is 7.01. The first-order valence-corrected chi connectivity index (χ1v) is 9.38. The van der Waals surface area contributed by atoms with E-state index in [-0.39, 0.29) is 17.5 Å². The molecular weight excluding hydrogens is 345 g/mol. The number of nitrogens with zero attached hydrogens (tertiary/aromatic N) is 1. The maximum absolute atomic E-state index is 14.1. The van der Waals surface area contributed by atoms with E-state index in [1.807, 2.05) is 0 Å². The Morgan fingerprint density at radius 2 is 1.84 bits per heavy atom. The van der Waals surface area contributed by atoms with Crippen LogP contribution < -0.4 is 9.47 Å². The van der Waals surface area contributed by atoms with E-state index in [4.69, 9.17) is 9.47 Å². The first-order valence-electron chi connectivity index (χ1n) is 7.94. The maximum atomic E-state index is 14.1. The van der Waals surface area contributed by atoms with E-state index in [0.29, 0.717) is 17.1 Å². The van der Waals surface area contributed by atoms with Crippen LogP contribution in [0.2, 0.25) is 0 Å². The van der Waals surface area contributed by atoms with Crippen LogP contribution in [0.15, 0.2) is 47.4 Å². The van der Waals surface area contributed by atoms with Crippen LogP contribution in [0.5, 0.6) is 11.5 Å². The minimum absolute atomic E-state index is 0.0989. The van der Waals surface area contributed by atoms with Gasteiger partial charge in [0.25, 0.3) is 0 Å². The van der Waals surface area contributed by atoms with Gasteiger partial charge < -0.3 is 9.47 Å². The fourth-order valence-corrected chi connectivity index (χ4v) is 4.46. The van der Waals surface area contributed by atoms with E-state index in [2.05, 4.69) is 0 Å². The molecule has 0 amide bonds. The second-order valence-electron chi connectivity index (χ2n) is 5.89. The monoisotopic (exact) mass is 365 g/mol. The number of rotatable bonds is 7. The Hall–Kier alpha value is -2.12. The highest BCUT2D eigenvalue weighted by molar-refractivity contribution is 7.89. The largest absolute Gasteiger partial charge is 0.497 e. The number of benzene rings is 2. The number of hydrogen-bond donors (Lipinski definition) is 0. The lowest BCUT2D eigenvalue weighted by atomic mass is 10.2. The number of methoxy groups -OCH3 is 2. The zero-order valence-corrected chi connectivity index (χ0v) is 14.9. The highest BCUT2D eigenvalue weighted by Gasteiger charge is 2.39. The van der Waals surface area contributed by atoms with E-state index < -0.39 is 15.8 Å². The topological polar surface area (TPSA) is 55.8 Å². The van der Waals surface area contributed by atoms with E-state index in [9.17, 15) is 12.8 Å². The van der Waals surface area contributed by atoms with Crippen molar-refractivity contribution in [3.05, 3.63) is 53.8 Å². The van der Waals surface area contributed by atoms with Gasteiger partial charge in [-0.05, 0) is 43.2 Å². The average molecular weight is 365 g/mol. The molecule has 0 bridgehead atoms. The lowest BCUT2D eigenvalue weighted by molar-refractivity contribution is 0.368. The molecule has 0 unspecified atom stereocenters. The Kier molecular flexibility index (Phi) is 4.96. The highest BCUT2D eigenvalue weighted by Crippen LogP contribution is 2.36. The first-order chi connectivity index (χ1) is 12.0. The smallest absolute Gasteiger partial charge is 0.246 e. The van der Waals surface area contributed by atoms with Crippen LogP contribution in [0, 0.1) is 5.82 Å². The molecule has 1 aliphatic carbocycles. The first kappa shape index (κ1) is 17.7. The van der Waals surface area contributed by atoms with E-state index >= 15 is 0 Å². The fourth-order valence-electron chi connectivity index (χ4n) is 2.73. The molecule has 1 saturated carbocycles. The molecule has 0 spiro atoms. The number of sulfonamides is 1. The molecule has 2 aromatic rings. The van der Waals surface area contributed by atoms with Crippen LogP contribution in [0.1, 0.15) is 18.4 Å². The van der Waals surface area contributed by atoms with Crippen molar-refractivity contribution in [3.63, 3.8) is 0 Å². The summed E-state index contributed by atoms with van der Waals surface area (Å²) in [7, 11) is -0.881. The standard InChI is InChI=1S/C18H20FNO4S/c1-23-15-9-10-17(24-2)13(11-15)12-20(14-7-8-14)25(21,22)18-6-4-3-5-16(18)19/h3-6,9-11,14H,7-8,12H2,1-2H3. The van der Waals surface area contributed by atoms with Gasteiger partial charge in [0.1, 0.15) is 22.2 Å². The summed E-state index contributed by atoms with van der Waals surface area (Å²) in [5, 5.41) is 0. The van der Waals surface area contributed by atoms with Crippen molar-refractivity contribution >= 4 is 10.0 Å². The molecule has 2 aromatic carbocycles.